The van der Waals surface area contributed by atoms with Gasteiger partial charge in [-0.1, -0.05) is 0 Å². The maximum atomic E-state index is 11.9. The third-order valence-electron chi connectivity index (χ3n) is 4.09. The second kappa shape index (κ2) is 10.2. The van der Waals surface area contributed by atoms with Crippen LogP contribution in [0.3, 0.4) is 0 Å². The molecule has 30 heavy (non-hydrogen) atoms. The molecule has 2 bridgehead atoms. The lowest BCUT2D eigenvalue weighted by atomic mass is 10.1. The zero-order chi connectivity index (χ0) is 22.3. The fourth-order valence-corrected chi connectivity index (χ4v) is 3.14. The number of hydrogen-bond donors (Lipinski definition) is 4. The number of hydroxylamine groups is 3. The van der Waals surface area contributed by atoms with Crippen LogP contribution in [0.1, 0.15) is 23.7 Å². The summed E-state index contributed by atoms with van der Waals surface area (Å²) < 4.78 is 36.1. The molecule has 3 rings (SSSR count). The van der Waals surface area contributed by atoms with Crippen molar-refractivity contribution in [1.82, 2.24) is 30.5 Å². The minimum absolute atomic E-state index is 0.313. The molecule has 1 fully saturated rings. The second-order valence-electron chi connectivity index (χ2n) is 6.14. The topological polar surface area (TPSA) is 194 Å². The summed E-state index contributed by atoms with van der Waals surface area (Å²) in [5.41, 5.74) is 8.98. The van der Waals surface area contributed by atoms with Crippen LogP contribution in [-0.2, 0) is 33.1 Å². The molecule has 0 aliphatic carbocycles. The van der Waals surface area contributed by atoms with Gasteiger partial charge in [-0.2, -0.15) is 18.6 Å². The van der Waals surface area contributed by atoms with Crippen LogP contribution in [-0.4, -0.2) is 77.9 Å². The lowest BCUT2D eigenvalue weighted by Gasteiger charge is -2.21. The Balaban J connectivity index is 0.000000235. The number of nitrogens with zero attached hydrogens (tertiary/aromatic N) is 5. The van der Waals surface area contributed by atoms with Gasteiger partial charge >= 0.3 is 22.5 Å². The van der Waals surface area contributed by atoms with Crippen molar-refractivity contribution in [1.29, 1.82) is 0 Å². The smallest absolute Gasteiger partial charge is 0.330 e. The van der Waals surface area contributed by atoms with Gasteiger partial charge in [-0.15, -0.1) is 4.28 Å². The molecule has 3 heterocycles. The molecule has 1 saturated heterocycles. The Morgan fingerprint density at radius 1 is 1.53 bits per heavy atom. The fraction of sp³-hybridized carbons (Fsp3) is 0.571. The molecule has 16 heteroatoms. The molecule has 168 valence electrons. The van der Waals surface area contributed by atoms with Crippen LogP contribution in [0.4, 0.5) is 9.59 Å². The van der Waals surface area contributed by atoms with Gasteiger partial charge in [0.1, 0.15) is 12.4 Å². The number of rotatable bonds is 7. The van der Waals surface area contributed by atoms with Crippen LogP contribution in [0.25, 0.3) is 0 Å². The monoisotopic (exact) mass is 448 g/mol. The summed E-state index contributed by atoms with van der Waals surface area (Å²) in [6.45, 7) is 1.71. The van der Waals surface area contributed by atoms with Gasteiger partial charge < -0.3 is 20.8 Å². The number of aliphatic imine (C=N–C) groups is 1. The largest absolute Gasteiger partial charge is 0.431 e. The van der Waals surface area contributed by atoms with Gasteiger partial charge in [0.2, 0.25) is 0 Å². The number of carbonyl (C=O) groups is 2. The molecular formula is C14H24N8O7S. The highest BCUT2D eigenvalue weighted by Gasteiger charge is 2.47. The van der Waals surface area contributed by atoms with Crippen molar-refractivity contribution in [2.24, 2.45) is 17.8 Å². The van der Waals surface area contributed by atoms with Gasteiger partial charge in [-0.3, -0.25) is 14.2 Å². The number of aromatic nitrogens is 2. The van der Waals surface area contributed by atoms with Crippen LogP contribution in [0, 0.1) is 0 Å². The molecule has 0 aromatic carbocycles. The lowest BCUT2D eigenvalue weighted by molar-refractivity contribution is -0.0316. The van der Waals surface area contributed by atoms with Crippen LogP contribution < -0.4 is 16.5 Å². The Hall–Kier alpha value is -2.95. The normalized spacial score (nSPS) is 17.5. The highest BCUT2D eigenvalue weighted by atomic mass is 32.3. The maximum absolute atomic E-state index is 11.9. The molecular weight excluding hydrogens is 424 g/mol. The molecule has 15 nitrogen and oxygen atoms in total. The third-order valence-corrected chi connectivity index (χ3v) is 4.44. The van der Waals surface area contributed by atoms with Gasteiger partial charge in [-0.25, -0.2) is 15.1 Å². The van der Waals surface area contributed by atoms with E-state index in [0.29, 0.717) is 31.2 Å². The van der Waals surface area contributed by atoms with E-state index in [-0.39, 0.29) is 0 Å². The number of hydrogen-bond acceptors (Lipinski definition) is 9. The molecule has 0 saturated carbocycles. The minimum atomic E-state index is -4.72. The summed E-state index contributed by atoms with van der Waals surface area (Å²) in [5.74, 6) is 0. The number of nitrogens with two attached hydrogens (primary N) is 1. The summed E-state index contributed by atoms with van der Waals surface area (Å²) >= 11 is 0. The Morgan fingerprint density at radius 3 is 2.90 bits per heavy atom. The SMILES string of the molecule is CN=CNOC(=O)NCCCN.Cn1ncc2c1CN1CC2N(OS(=O)(=O)O)C1=O. The molecule has 1 aromatic rings. The van der Waals surface area contributed by atoms with Crippen LogP contribution in [0.15, 0.2) is 11.2 Å². The molecule has 5 N–H and O–H groups in total. The number of nitrogens with one attached hydrogen (secondary N) is 2. The lowest BCUT2D eigenvalue weighted by Crippen LogP contribution is -2.32. The van der Waals surface area contributed by atoms with Gasteiger partial charge in [0, 0.05) is 26.2 Å². The van der Waals surface area contributed by atoms with E-state index >= 15 is 0 Å². The highest BCUT2D eigenvalue weighted by molar-refractivity contribution is 7.80. The van der Waals surface area contributed by atoms with E-state index in [1.807, 2.05) is 0 Å². The van der Waals surface area contributed by atoms with E-state index in [4.69, 9.17) is 10.3 Å². The number of aryl methyl sites for hydroxylation is 1. The predicted molar refractivity (Wildman–Crippen MR) is 102 cm³/mol. The average molecular weight is 448 g/mol. The van der Waals surface area contributed by atoms with Crippen molar-refractivity contribution in [3.8, 4) is 0 Å². The molecule has 0 radical (unpaired) electrons. The van der Waals surface area contributed by atoms with Crippen molar-refractivity contribution < 1.29 is 31.7 Å². The summed E-state index contributed by atoms with van der Waals surface area (Å²) in [4.78, 5) is 32.0. The zero-order valence-corrected chi connectivity index (χ0v) is 17.2. The number of carbonyl (C=O) groups excluding carboxylic acids is 2. The van der Waals surface area contributed by atoms with E-state index < -0.39 is 28.6 Å². The fourth-order valence-electron chi connectivity index (χ4n) is 2.77. The van der Waals surface area contributed by atoms with E-state index in [9.17, 15) is 18.0 Å². The van der Waals surface area contributed by atoms with Gasteiger partial charge in [0.05, 0.1) is 25.0 Å². The van der Waals surface area contributed by atoms with Crippen LogP contribution in [0.2, 0.25) is 0 Å². The first kappa shape index (κ1) is 23.3. The summed E-state index contributed by atoms with van der Waals surface area (Å²) in [6, 6.07) is -1.16. The molecule has 1 unspecified atom stereocenters. The van der Waals surface area contributed by atoms with E-state index in [1.165, 1.54) is 11.2 Å². The maximum Gasteiger partial charge on any atom is 0.431 e. The van der Waals surface area contributed by atoms with Crippen molar-refractivity contribution in [3.05, 3.63) is 17.5 Å². The van der Waals surface area contributed by atoms with Crippen molar-refractivity contribution in [2.45, 2.75) is 19.0 Å². The Labute approximate surface area is 172 Å². The van der Waals surface area contributed by atoms with Crippen molar-refractivity contribution >= 4 is 28.9 Å². The molecule has 2 aliphatic rings. The average Bonchev–Trinajstić information content (AvgIpc) is 3.16. The van der Waals surface area contributed by atoms with Crippen molar-refractivity contribution in [3.63, 3.8) is 0 Å². The summed E-state index contributed by atoms with van der Waals surface area (Å²) in [6.07, 6.45) is 3.03. The van der Waals surface area contributed by atoms with E-state index in [0.717, 1.165) is 17.7 Å². The second-order valence-corrected chi connectivity index (χ2v) is 7.15. The molecule has 1 atom stereocenters. The quantitative estimate of drug-likeness (QED) is 0.128. The molecule has 2 aliphatic heterocycles. The Kier molecular flexibility index (Phi) is 7.93. The number of fused-ring (bicyclic) bond motifs is 4. The van der Waals surface area contributed by atoms with Gasteiger partial charge in [0.15, 0.2) is 0 Å². The van der Waals surface area contributed by atoms with Crippen LogP contribution in [0.5, 0.6) is 0 Å². The first-order valence-electron chi connectivity index (χ1n) is 8.74. The molecule has 3 amide bonds. The van der Waals surface area contributed by atoms with Crippen LogP contribution >= 0.6 is 0 Å². The Bertz CT molecular complexity index is 887. The van der Waals surface area contributed by atoms with Crippen molar-refractivity contribution in [2.75, 3.05) is 26.7 Å². The summed E-state index contributed by atoms with van der Waals surface area (Å²) in [5, 5.41) is 7.20. The first-order valence-corrected chi connectivity index (χ1v) is 10.1. The van der Waals surface area contributed by atoms with E-state index in [2.05, 4.69) is 30.0 Å². The summed E-state index contributed by atoms with van der Waals surface area (Å²) in [7, 11) is -1.43. The predicted octanol–water partition coefficient (Wildman–Crippen LogP) is -1.33. The van der Waals surface area contributed by atoms with Gasteiger partial charge in [0.25, 0.3) is 0 Å². The molecule has 0 spiro atoms. The minimum Gasteiger partial charge on any atom is -0.330 e. The standard InChI is InChI=1S/C8H10N4O5S.C6H14N4O2/c1-10-6-3-11-4-7(5(6)2-9-10)12(8(11)13)17-18(14,15)16;1-8-5-10-12-6(11)9-4-2-3-7/h2,7H,3-4H2,1H3,(H,14,15,16);5H,2-4,7H2,1H3,(H,8,10)(H,9,11). The zero-order valence-electron chi connectivity index (χ0n) is 16.4. The Morgan fingerprint density at radius 2 is 2.27 bits per heavy atom. The van der Waals surface area contributed by atoms with Gasteiger partial charge in [-0.05, 0) is 13.0 Å². The molecule has 1 aromatic heterocycles. The third kappa shape index (κ3) is 6.02. The first-order chi connectivity index (χ1) is 14.2. The number of amides is 3. The highest BCUT2D eigenvalue weighted by Crippen LogP contribution is 2.37. The number of urea groups is 1. The van der Waals surface area contributed by atoms with E-state index in [1.54, 1.807) is 25.0 Å².